The lowest BCUT2D eigenvalue weighted by Crippen LogP contribution is -2.28. The van der Waals surface area contributed by atoms with E-state index in [0.717, 1.165) is 17.7 Å². The summed E-state index contributed by atoms with van der Waals surface area (Å²) in [6.45, 7) is 4.76. The Bertz CT molecular complexity index is 799. The van der Waals surface area contributed by atoms with Gasteiger partial charge in [-0.2, -0.15) is 5.10 Å². The zero-order valence-electron chi connectivity index (χ0n) is 14.7. The predicted molar refractivity (Wildman–Crippen MR) is 96.4 cm³/mol. The van der Waals surface area contributed by atoms with E-state index in [9.17, 15) is 9.59 Å². The number of anilines is 2. The van der Waals surface area contributed by atoms with Crippen molar-refractivity contribution in [3.8, 4) is 0 Å². The minimum Gasteiger partial charge on any atom is -0.325 e. The minimum absolute atomic E-state index is 0.0592. The molecule has 3 N–H and O–H groups in total. The molecule has 2 heterocycles. The normalized spacial score (nSPS) is 19.6. The fourth-order valence-corrected chi connectivity index (χ4v) is 3.22. The largest absolute Gasteiger partial charge is 0.325 e. The zero-order valence-corrected chi connectivity index (χ0v) is 14.7. The van der Waals surface area contributed by atoms with Crippen LogP contribution in [-0.4, -0.2) is 34.7 Å². The number of carbonyl (C=O) groups is 2. The Balaban J connectivity index is 1.79. The summed E-state index contributed by atoms with van der Waals surface area (Å²) < 4.78 is 1.75. The molecule has 1 fully saturated rings. The van der Waals surface area contributed by atoms with Gasteiger partial charge in [-0.1, -0.05) is 6.07 Å². The number of rotatable bonds is 4. The highest BCUT2D eigenvalue weighted by molar-refractivity contribution is 6.00. The van der Waals surface area contributed by atoms with Crippen molar-refractivity contribution in [3.05, 3.63) is 41.7 Å². The molecular formula is C18H23N5O2. The van der Waals surface area contributed by atoms with Crippen LogP contribution in [0.25, 0.3) is 0 Å². The number of aryl methyl sites for hydroxylation is 2. The van der Waals surface area contributed by atoms with Crippen LogP contribution >= 0.6 is 0 Å². The molecule has 2 atom stereocenters. The molecule has 3 rings (SSSR count). The summed E-state index contributed by atoms with van der Waals surface area (Å²) >= 11 is 0. The number of aromatic nitrogens is 2. The molecule has 0 bridgehead atoms. The van der Waals surface area contributed by atoms with Gasteiger partial charge in [-0.15, -0.1) is 0 Å². The molecule has 25 heavy (non-hydrogen) atoms. The van der Waals surface area contributed by atoms with Crippen molar-refractivity contribution in [2.45, 2.75) is 19.8 Å². The number of hydrogen-bond acceptors (Lipinski definition) is 4. The van der Waals surface area contributed by atoms with Gasteiger partial charge in [-0.05, 0) is 30.2 Å². The average Bonchev–Trinajstić information content (AvgIpc) is 3.18. The zero-order chi connectivity index (χ0) is 18.0. The van der Waals surface area contributed by atoms with Gasteiger partial charge < -0.3 is 16.0 Å². The monoisotopic (exact) mass is 341 g/mol. The summed E-state index contributed by atoms with van der Waals surface area (Å²) in [5, 5.41) is 13.2. The van der Waals surface area contributed by atoms with Gasteiger partial charge in [0.05, 0.1) is 23.5 Å². The lowest BCUT2D eigenvalue weighted by Gasteiger charge is -2.19. The van der Waals surface area contributed by atoms with Gasteiger partial charge in [0.2, 0.25) is 11.8 Å². The molecular weight excluding hydrogens is 318 g/mol. The predicted octanol–water partition coefficient (Wildman–Crippen LogP) is 1.63. The van der Waals surface area contributed by atoms with Gasteiger partial charge >= 0.3 is 0 Å². The Morgan fingerprint density at radius 1 is 1.24 bits per heavy atom. The van der Waals surface area contributed by atoms with Gasteiger partial charge in [0.1, 0.15) is 0 Å². The van der Waals surface area contributed by atoms with E-state index >= 15 is 0 Å². The van der Waals surface area contributed by atoms with Crippen molar-refractivity contribution in [2.75, 3.05) is 23.7 Å². The van der Waals surface area contributed by atoms with Gasteiger partial charge in [0.15, 0.2) is 0 Å². The number of carbonyl (C=O) groups excluding carboxylic acids is 2. The molecule has 7 nitrogen and oxygen atoms in total. The van der Waals surface area contributed by atoms with Crippen molar-refractivity contribution < 1.29 is 9.59 Å². The highest BCUT2D eigenvalue weighted by atomic mass is 16.2. The van der Waals surface area contributed by atoms with E-state index in [1.165, 1.54) is 6.92 Å². The fourth-order valence-electron chi connectivity index (χ4n) is 3.22. The summed E-state index contributed by atoms with van der Waals surface area (Å²) in [5.41, 5.74) is 3.30. The molecule has 1 saturated heterocycles. The molecule has 2 aromatic rings. The van der Waals surface area contributed by atoms with E-state index < -0.39 is 0 Å². The average molecular weight is 341 g/mol. The smallest absolute Gasteiger partial charge is 0.229 e. The number of hydrogen-bond donors (Lipinski definition) is 3. The third-order valence-corrected chi connectivity index (χ3v) is 4.45. The molecule has 1 aromatic carbocycles. The van der Waals surface area contributed by atoms with E-state index in [1.807, 2.05) is 38.5 Å². The summed E-state index contributed by atoms with van der Waals surface area (Å²) in [6, 6.07) is 5.57. The van der Waals surface area contributed by atoms with Crippen molar-refractivity contribution in [3.63, 3.8) is 0 Å². The maximum atomic E-state index is 12.9. The Morgan fingerprint density at radius 2 is 2.04 bits per heavy atom. The Kier molecular flexibility index (Phi) is 4.85. The maximum absolute atomic E-state index is 12.9. The molecule has 0 radical (unpaired) electrons. The second kappa shape index (κ2) is 7.06. The molecule has 1 aliphatic rings. The SMILES string of the molecule is CC(=O)Nc1ccc(C)cc1NC(=O)[C@H]1CNC[C@@H]1c1cnn(C)c1. The van der Waals surface area contributed by atoms with Crippen LogP contribution in [0.2, 0.25) is 0 Å². The summed E-state index contributed by atoms with van der Waals surface area (Å²) in [6.07, 6.45) is 3.76. The van der Waals surface area contributed by atoms with E-state index in [0.29, 0.717) is 17.9 Å². The first-order valence-electron chi connectivity index (χ1n) is 8.32. The summed E-state index contributed by atoms with van der Waals surface area (Å²) in [5.74, 6) is -0.330. The van der Waals surface area contributed by atoms with Crippen molar-refractivity contribution in [2.24, 2.45) is 13.0 Å². The van der Waals surface area contributed by atoms with Gasteiger partial charge in [0, 0.05) is 39.2 Å². The maximum Gasteiger partial charge on any atom is 0.229 e. The molecule has 1 aromatic heterocycles. The standard InChI is InChI=1S/C18H23N5O2/c1-11-4-5-16(21-12(2)24)17(6-11)22-18(25)15-9-19-8-14(15)13-7-20-23(3)10-13/h4-7,10,14-15,19H,8-9H2,1-3H3,(H,21,24)(H,22,25)/t14-,15+/m1/s1. The van der Waals surface area contributed by atoms with E-state index in [1.54, 1.807) is 10.7 Å². The van der Waals surface area contributed by atoms with Crippen LogP contribution in [-0.2, 0) is 16.6 Å². The van der Waals surface area contributed by atoms with E-state index in [4.69, 9.17) is 0 Å². The topological polar surface area (TPSA) is 88.1 Å². The first-order chi connectivity index (χ1) is 11.9. The van der Waals surface area contributed by atoms with Crippen molar-refractivity contribution >= 4 is 23.2 Å². The Hall–Kier alpha value is -2.67. The van der Waals surface area contributed by atoms with Crippen LogP contribution in [0.5, 0.6) is 0 Å². The van der Waals surface area contributed by atoms with Crippen LogP contribution < -0.4 is 16.0 Å². The number of nitrogens with one attached hydrogen (secondary N) is 3. The minimum atomic E-state index is -0.185. The molecule has 7 heteroatoms. The van der Waals surface area contributed by atoms with Gasteiger partial charge in [0.25, 0.3) is 0 Å². The van der Waals surface area contributed by atoms with Gasteiger partial charge in [-0.25, -0.2) is 0 Å². The fraction of sp³-hybridized carbons (Fsp3) is 0.389. The molecule has 1 aliphatic heterocycles. The summed E-state index contributed by atoms with van der Waals surface area (Å²) in [7, 11) is 1.87. The quantitative estimate of drug-likeness (QED) is 0.789. The molecule has 0 aliphatic carbocycles. The van der Waals surface area contributed by atoms with Crippen LogP contribution in [0.1, 0.15) is 24.0 Å². The number of amides is 2. The Labute approximate surface area is 146 Å². The highest BCUT2D eigenvalue weighted by Crippen LogP contribution is 2.30. The Morgan fingerprint density at radius 3 is 2.72 bits per heavy atom. The third-order valence-electron chi connectivity index (χ3n) is 4.45. The van der Waals surface area contributed by atoms with E-state index in [-0.39, 0.29) is 23.7 Å². The second-order valence-electron chi connectivity index (χ2n) is 6.54. The molecule has 0 unspecified atom stereocenters. The number of nitrogens with zero attached hydrogens (tertiary/aromatic N) is 2. The lowest BCUT2D eigenvalue weighted by molar-refractivity contribution is -0.119. The lowest BCUT2D eigenvalue weighted by atomic mass is 9.90. The third kappa shape index (κ3) is 3.88. The van der Waals surface area contributed by atoms with Crippen molar-refractivity contribution in [1.82, 2.24) is 15.1 Å². The molecule has 132 valence electrons. The van der Waals surface area contributed by atoms with Crippen LogP contribution in [0.15, 0.2) is 30.6 Å². The molecule has 0 saturated carbocycles. The molecule has 0 spiro atoms. The summed E-state index contributed by atoms with van der Waals surface area (Å²) in [4.78, 5) is 24.3. The first kappa shape index (κ1) is 17.2. The van der Waals surface area contributed by atoms with E-state index in [2.05, 4.69) is 21.0 Å². The van der Waals surface area contributed by atoms with Crippen LogP contribution in [0.3, 0.4) is 0 Å². The van der Waals surface area contributed by atoms with Gasteiger partial charge in [-0.3, -0.25) is 14.3 Å². The van der Waals surface area contributed by atoms with Crippen LogP contribution in [0.4, 0.5) is 11.4 Å². The van der Waals surface area contributed by atoms with Crippen LogP contribution in [0, 0.1) is 12.8 Å². The number of benzene rings is 1. The molecule has 2 amide bonds. The second-order valence-corrected chi connectivity index (χ2v) is 6.54. The van der Waals surface area contributed by atoms with Crippen molar-refractivity contribution in [1.29, 1.82) is 0 Å². The first-order valence-corrected chi connectivity index (χ1v) is 8.32. The highest BCUT2D eigenvalue weighted by Gasteiger charge is 2.35.